The molecule has 0 saturated heterocycles. The van der Waals surface area contributed by atoms with Crippen molar-refractivity contribution in [1.82, 2.24) is 9.55 Å². The first kappa shape index (κ1) is 14.9. The summed E-state index contributed by atoms with van der Waals surface area (Å²) in [6.07, 6.45) is 6.95. The van der Waals surface area contributed by atoms with E-state index in [0.29, 0.717) is 17.8 Å². The number of nitrogens with zero attached hydrogens (tertiary/aromatic N) is 2. The lowest BCUT2D eigenvalue weighted by Crippen LogP contribution is -2.35. The molecule has 0 amide bonds. The van der Waals surface area contributed by atoms with E-state index >= 15 is 0 Å². The molecule has 1 fully saturated rings. The van der Waals surface area contributed by atoms with Crippen molar-refractivity contribution in [3.8, 4) is 0 Å². The molecule has 0 spiro atoms. The SMILES string of the molecule is CSC1(Cn2c(CCl)nc3ccccc3c2=O)CCCC1. The first-order chi connectivity index (χ1) is 10.2. The summed E-state index contributed by atoms with van der Waals surface area (Å²) in [5.74, 6) is 0.950. The lowest BCUT2D eigenvalue weighted by atomic mass is 10.1. The number of halogens is 1. The van der Waals surface area contributed by atoms with E-state index in [-0.39, 0.29) is 16.2 Å². The monoisotopic (exact) mass is 322 g/mol. The lowest BCUT2D eigenvalue weighted by Gasteiger charge is -2.28. The molecule has 0 N–H and O–H groups in total. The van der Waals surface area contributed by atoms with Crippen LogP contribution >= 0.6 is 23.4 Å². The van der Waals surface area contributed by atoms with Crippen LogP contribution in [0.1, 0.15) is 31.5 Å². The molecule has 0 unspecified atom stereocenters. The van der Waals surface area contributed by atoms with E-state index in [1.165, 1.54) is 12.8 Å². The van der Waals surface area contributed by atoms with Gasteiger partial charge in [-0.15, -0.1) is 11.6 Å². The highest BCUT2D eigenvalue weighted by molar-refractivity contribution is 8.00. The van der Waals surface area contributed by atoms with E-state index in [2.05, 4.69) is 11.2 Å². The number of benzene rings is 1. The van der Waals surface area contributed by atoms with Crippen LogP contribution in [0, 0.1) is 0 Å². The largest absolute Gasteiger partial charge is 0.294 e. The molecule has 1 saturated carbocycles. The topological polar surface area (TPSA) is 34.9 Å². The maximum atomic E-state index is 12.8. The van der Waals surface area contributed by atoms with Crippen molar-refractivity contribution in [3.63, 3.8) is 0 Å². The first-order valence-corrected chi connectivity index (χ1v) is 9.05. The van der Waals surface area contributed by atoms with Gasteiger partial charge in [0, 0.05) is 11.3 Å². The van der Waals surface area contributed by atoms with Crippen molar-refractivity contribution in [2.24, 2.45) is 0 Å². The Morgan fingerprint density at radius 3 is 2.71 bits per heavy atom. The average Bonchev–Trinajstić information content (AvgIpc) is 2.99. The minimum absolute atomic E-state index is 0.0385. The fourth-order valence-electron chi connectivity index (χ4n) is 3.21. The Morgan fingerprint density at radius 2 is 2.05 bits per heavy atom. The van der Waals surface area contributed by atoms with Gasteiger partial charge in [-0.3, -0.25) is 9.36 Å². The van der Waals surface area contributed by atoms with Crippen LogP contribution < -0.4 is 5.56 Å². The average molecular weight is 323 g/mol. The van der Waals surface area contributed by atoms with Crippen molar-refractivity contribution >= 4 is 34.3 Å². The van der Waals surface area contributed by atoms with Gasteiger partial charge in [0.15, 0.2) is 0 Å². The molecule has 0 radical (unpaired) electrons. The molecule has 5 heteroatoms. The zero-order chi connectivity index (χ0) is 14.9. The summed E-state index contributed by atoms with van der Waals surface area (Å²) in [7, 11) is 0. The van der Waals surface area contributed by atoms with Gasteiger partial charge >= 0.3 is 0 Å². The second-order valence-electron chi connectivity index (χ2n) is 5.66. The fraction of sp³-hybridized carbons (Fsp3) is 0.500. The Balaban J connectivity index is 2.12. The number of thioether (sulfide) groups is 1. The maximum Gasteiger partial charge on any atom is 0.261 e. The smallest absolute Gasteiger partial charge is 0.261 e. The van der Waals surface area contributed by atoms with Gasteiger partial charge in [0.1, 0.15) is 5.82 Å². The van der Waals surface area contributed by atoms with Gasteiger partial charge < -0.3 is 0 Å². The number of alkyl halides is 1. The summed E-state index contributed by atoms with van der Waals surface area (Å²) in [5.41, 5.74) is 0.774. The van der Waals surface area contributed by atoms with Crippen molar-refractivity contribution in [2.75, 3.05) is 6.26 Å². The summed E-state index contributed by atoms with van der Waals surface area (Å²) < 4.78 is 1.96. The summed E-state index contributed by atoms with van der Waals surface area (Å²) >= 11 is 7.93. The van der Waals surface area contributed by atoms with Crippen molar-refractivity contribution < 1.29 is 0 Å². The normalized spacial score (nSPS) is 17.4. The molecule has 21 heavy (non-hydrogen) atoms. The maximum absolute atomic E-state index is 12.8. The minimum atomic E-state index is 0.0385. The molecule has 1 aliphatic carbocycles. The zero-order valence-electron chi connectivity index (χ0n) is 12.1. The fourth-order valence-corrected chi connectivity index (χ4v) is 4.37. The standard InChI is InChI=1S/C16H19ClN2OS/c1-21-16(8-4-5-9-16)11-19-14(10-17)18-13-7-3-2-6-12(13)15(19)20/h2-3,6-7H,4-5,8-11H2,1H3. The van der Waals surface area contributed by atoms with Crippen molar-refractivity contribution in [1.29, 1.82) is 0 Å². The van der Waals surface area contributed by atoms with Gasteiger partial charge in [-0.25, -0.2) is 4.98 Å². The number of fused-ring (bicyclic) bond motifs is 1. The minimum Gasteiger partial charge on any atom is -0.294 e. The van der Waals surface area contributed by atoms with E-state index in [1.54, 1.807) is 4.57 Å². The highest BCUT2D eigenvalue weighted by atomic mass is 35.5. The molecule has 0 aliphatic heterocycles. The van der Waals surface area contributed by atoms with Crippen LogP contribution in [0.15, 0.2) is 29.1 Å². The first-order valence-electron chi connectivity index (χ1n) is 7.29. The Kier molecular flexibility index (Phi) is 4.27. The highest BCUT2D eigenvalue weighted by Crippen LogP contribution is 2.41. The zero-order valence-corrected chi connectivity index (χ0v) is 13.7. The van der Waals surface area contributed by atoms with E-state index in [9.17, 15) is 4.79 Å². The molecule has 3 rings (SSSR count). The molecule has 3 nitrogen and oxygen atoms in total. The van der Waals surface area contributed by atoms with Gasteiger partial charge in [0.05, 0.1) is 16.8 Å². The number of para-hydroxylation sites is 1. The van der Waals surface area contributed by atoms with E-state index in [0.717, 1.165) is 18.4 Å². The third kappa shape index (κ3) is 2.71. The van der Waals surface area contributed by atoms with Crippen LogP contribution in [0.25, 0.3) is 10.9 Å². The van der Waals surface area contributed by atoms with E-state index in [4.69, 9.17) is 11.6 Å². The van der Waals surface area contributed by atoms with Crippen LogP contribution in [-0.4, -0.2) is 20.6 Å². The molecule has 2 aromatic rings. The molecular formula is C16H19ClN2OS. The van der Waals surface area contributed by atoms with Crippen molar-refractivity contribution in [2.45, 2.75) is 42.9 Å². The molecule has 1 heterocycles. The molecule has 1 aromatic carbocycles. The third-order valence-corrected chi connectivity index (χ3v) is 6.10. The number of hydrogen-bond donors (Lipinski definition) is 0. The summed E-state index contributed by atoms with van der Waals surface area (Å²) in [5, 5.41) is 0.681. The number of hydrogen-bond acceptors (Lipinski definition) is 3. The molecule has 0 bridgehead atoms. The summed E-state index contributed by atoms with van der Waals surface area (Å²) in [4.78, 5) is 17.4. The van der Waals surface area contributed by atoms with E-state index in [1.807, 2.05) is 36.0 Å². The van der Waals surface area contributed by atoms with E-state index < -0.39 is 0 Å². The molecule has 0 atom stereocenters. The van der Waals surface area contributed by atoms with Crippen molar-refractivity contribution in [3.05, 3.63) is 40.4 Å². The van der Waals surface area contributed by atoms with Gasteiger partial charge in [-0.1, -0.05) is 25.0 Å². The van der Waals surface area contributed by atoms with Gasteiger partial charge in [-0.05, 0) is 31.2 Å². The molecular weight excluding hydrogens is 304 g/mol. The molecule has 1 aliphatic rings. The number of rotatable bonds is 4. The van der Waals surface area contributed by atoms with Crippen LogP contribution in [0.4, 0.5) is 0 Å². The second-order valence-corrected chi connectivity index (χ2v) is 7.21. The second kappa shape index (κ2) is 6.01. The molecule has 1 aromatic heterocycles. The lowest BCUT2D eigenvalue weighted by molar-refractivity contribution is 0.483. The van der Waals surface area contributed by atoms with Crippen LogP contribution in [-0.2, 0) is 12.4 Å². The molecule has 112 valence electrons. The van der Waals surface area contributed by atoms with Gasteiger partial charge in [-0.2, -0.15) is 11.8 Å². The summed E-state index contributed by atoms with van der Waals surface area (Å²) in [6, 6.07) is 7.50. The number of aromatic nitrogens is 2. The van der Waals surface area contributed by atoms with Gasteiger partial charge in [0.25, 0.3) is 5.56 Å². The summed E-state index contributed by atoms with van der Waals surface area (Å²) in [6.45, 7) is 0.715. The predicted molar refractivity (Wildman–Crippen MR) is 90.3 cm³/mol. The third-order valence-electron chi connectivity index (χ3n) is 4.45. The van der Waals surface area contributed by atoms with Crippen LogP contribution in [0.5, 0.6) is 0 Å². The Bertz CT molecular complexity index is 707. The highest BCUT2D eigenvalue weighted by Gasteiger charge is 2.34. The quantitative estimate of drug-likeness (QED) is 0.803. The predicted octanol–water partition coefficient (Wildman–Crippen LogP) is 3.81. The Labute approximate surface area is 133 Å². The van der Waals surface area contributed by atoms with Gasteiger partial charge in [0.2, 0.25) is 0 Å². The van der Waals surface area contributed by atoms with Crippen LogP contribution in [0.3, 0.4) is 0 Å². The van der Waals surface area contributed by atoms with Crippen LogP contribution in [0.2, 0.25) is 0 Å². The Hall–Kier alpha value is -1.00. The Morgan fingerprint density at radius 1 is 1.33 bits per heavy atom.